The first-order chi connectivity index (χ1) is 11.2. The first-order valence-corrected chi connectivity index (χ1v) is 9.21. The molecule has 0 spiro atoms. The summed E-state index contributed by atoms with van der Waals surface area (Å²) in [4.78, 5) is 0. The van der Waals surface area contributed by atoms with Crippen LogP contribution in [-0.4, -0.2) is 0 Å². The van der Waals surface area contributed by atoms with Gasteiger partial charge in [-0.15, -0.1) is 0 Å². The molecule has 0 saturated carbocycles. The van der Waals surface area contributed by atoms with E-state index in [1.54, 1.807) is 0 Å². The van der Waals surface area contributed by atoms with Crippen molar-refractivity contribution in [3.05, 3.63) is 83.8 Å². The molecule has 0 bridgehead atoms. The average Bonchev–Trinajstić information content (AvgIpc) is 2.95. The Morgan fingerprint density at radius 1 is 0.783 bits per heavy atom. The van der Waals surface area contributed by atoms with Crippen molar-refractivity contribution in [2.45, 2.75) is 6.92 Å². The van der Waals surface area contributed by atoms with E-state index in [1.807, 2.05) is 0 Å². The zero-order chi connectivity index (χ0) is 16.2. The molecule has 4 rings (SSSR count). The standard InChI is InChI=1S/C20H15.2FH.Zr/c1-14-12-16-8-5-11-19(20(16)13-14)18-10-4-7-15-6-2-3-9-17(15)18;;;/h2-13H,1H3;2*1H;/q;;;+2/p-2. The van der Waals surface area contributed by atoms with Gasteiger partial charge in [-0.3, -0.25) is 0 Å². The van der Waals surface area contributed by atoms with Crippen molar-refractivity contribution < 1.29 is 29.7 Å². The van der Waals surface area contributed by atoms with E-state index >= 15 is 0 Å². The molecule has 0 aromatic heterocycles. The van der Waals surface area contributed by atoms with E-state index in [0.717, 1.165) is 0 Å². The number of benzene rings is 3. The second-order valence-electron chi connectivity index (χ2n) is 5.44. The Morgan fingerprint density at radius 2 is 1.43 bits per heavy atom. The van der Waals surface area contributed by atoms with E-state index in [2.05, 4.69) is 80.1 Å². The van der Waals surface area contributed by atoms with Gasteiger partial charge in [0.15, 0.2) is 0 Å². The molecule has 0 heterocycles. The summed E-state index contributed by atoms with van der Waals surface area (Å²) in [6.07, 6.45) is 4.54. The zero-order valence-corrected chi connectivity index (χ0v) is 15.1. The number of rotatable bonds is 1. The van der Waals surface area contributed by atoms with Gasteiger partial charge >= 0.3 is 29.7 Å². The fraction of sp³-hybridized carbons (Fsp3) is 0.0500. The average molecular weight is 385 g/mol. The minimum absolute atomic E-state index is 1.30. The normalized spacial score (nSPS) is 12.2. The molecule has 3 heteroatoms. The van der Waals surface area contributed by atoms with E-state index < -0.39 is 24.5 Å². The van der Waals surface area contributed by atoms with Crippen LogP contribution in [0.15, 0.2) is 66.2 Å². The summed E-state index contributed by atoms with van der Waals surface area (Å²) in [5.74, 6) is 0. The molecule has 23 heavy (non-hydrogen) atoms. The van der Waals surface area contributed by atoms with Crippen molar-refractivity contribution in [1.82, 2.24) is 0 Å². The molecule has 0 aliphatic heterocycles. The maximum absolute atomic E-state index is 9.80. The number of hydrogen-bond acceptors (Lipinski definition) is 0. The molecule has 0 amide bonds. The van der Waals surface area contributed by atoms with E-state index in [0.29, 0.717) is 0 Å². The fourth-order valence-electron chi connectivity index (χ4n) is 3.08. The van der Waals surface area contributed by atoms with Crippen LogP contribution in [0.3, 0.4) is 0 Å². The summed E-state index contributed by atoms with van der Waals surface area (Å²) in [7, 11) is 0. The third kappa shape index (κ3) is 3.35. The van der Waals surface area contributed by atoms with Crippen molar-refractivity contribution in [2.75, 3.05) is 0 Å². The molecule has 3 aromatic rings. The van der Waals surface area contributed by atoms with Gasteiger partial charge in [-0.1, -0.05) is 72.3 Å². The Labute approximate surface area is 148 Å². The van der Waals surface area contributed by atoms with Crippen LogP contribution in [0, 0.1) is 6.42 Å². The molecule has 0 atom stereocenters. The number of allylic oxidation sites excluding steroid dienone is 1. The summed E-state index contributed by atoms with van der Waals surface area (Å²) in [5.41, 5.74) is 6.65. The van der Waals surface area contributed by atoms with Gasteiger partial charge in [0.25, 0.3) is 0 Å². The third-order valence-corrected chi connectivity index (χ3v) is 3.97. The van der Waals surface area contributed by atoms with E-state index in [9.17, 15) is 5.25 Å². The molecule has 0 N–H and O–H groups in total. The zero-order valence-electron chi connectivity index (χ0n) is 12.7. The van der Waals surface area contributed by atoms with Gasteiger partial charge in [0.1, 0.15) is 0 Å². The van der Waals surface area contributed by atoms with Crippen molar-refractivity contribution in [2.24, 2.45) is 0 Å². The first kappa shape index (κ1) is 16.3. The van der Waals surface area contributed by atoms with Gasteiger partial charge in [-0.05, 0) is 39.9 Å². The van der Waals surface area contributed by atoms with Crippen LogP contribution >= 0.6 is 0 Å². The molecule has 1 aliphatic rings. The molecule has 0 saturated heterocycles. The molecule has 0 unspecified atom stereocenters. The summed E-state index contributed by atoms with van der Waals surface area (Å²) < 4.78 is 19.6. The summed E-state index contributed by atoms with van der Waals surface area (Å²) in [6.45, 7) is 2.16. The SMILES string of the molecule is CC1=Cc2c(cccc2-c2cccc3ccccc23)[CH]1.[F][Zr][F]. The number of halogens is 2. The van der Waals surface area contributed by atoms with Crippen molar-refractivity contribution in [1.29, 1.82) is 0 Å². The molecule has 3 aromatic carbocycles. The molecular weight excluding hydrogens is 369 g/mol. The third-order valence-electron chi connectivity index (χ3n) is 3.97. The van der Waals surface area contributed by atoms with Gasteiger partial charge in [-0.25, -0.2) is 0 Å². The van der Waals surface area contributed by atoms with Crippen molar-refractivity contribution >= 4 is 16.8 Å². The van der Waals surface area contributed by atoms with Gasteiger partial charge < -0.3 is 0 Å². The Bertz CT molecular complexity index is 863. The molecular formula is C20H15F2Zr. The Kier molecular flexibility index (Phi) is 5.17. The second-order valence-corrected chi connectivity index (χ2v) is 5.79. The molecule has 113 valence electrons. The van der Waals surface area contributed by atoms with Gasteiger partial charge in [0.05, 0.1) is 0 Å². The van der Waals surface area contributed by atoms with E-state index in [1.165, 1.54) is 38.6 Å². The summed E-state index contributed by atoms with van der Waals surface area (Å²) in [6, 6.07) is 21.7. The van der Waals surface area contributed by atoms with Crippen molar-refractivity contribution in [3.63, 3.8) is 0 Å². The van der Waals surface area contributed by atoms with Crippen LogP contribution in [0.4, 0.5) is 5.25 Å². The van der Waals surface area contributed by atoms with Crippen LogP contribution in [0.2, 0.25) is 0 Å². The summed E-state index contributed by atoms with van der Waals surface area (Å²) >= 11 is -2.77. The first-order valence-electron chi connectivity index (χ1n) is 7.35. The maximum atomic E-state index is 9.80. The monoisotopic (exact) mass is 383 g/mol. The minimum atomic E-state index is -2.77. The van der Waals surface area contributed by atoms with Crippen LogP contribution in [0.25, 0.3) is 28.0 Å². The van der Waals surface area contributed by atoms with E-state index in [4.69, 9.17) is 0 Å². The Hall–Kier alpha value is -1.60. The Balaban J connectivity index is 0.000000485. The van der Waals surface area contributed by atoms with Crippen LogP contribution in [0.1, 0.15) is 18.1 Å². The molecule has 0 nitrogen and oxygen atoms in total. The van der Waals surface area contributed by atoms with Gasteiger partial charge in [0.2, 0.25) is 0 Å². The number of hydrogen-bond donors (Lipinski definition) is 0. The van der Waals surface area contributed by atoms with Gasteiger partial charge in [0, 0.05) is 6.42 Å². The molecule has 1 aliphatic carbocycles. The van der Waals surface area contributed by atoms with Crippen LogP contribution < -0.4 is 0 Å². The molecule has 0 fully saturated rings. The van der Waals surface area contributed by atoms with Crippen LogP contribution in [0.5, 0.6) is 0 Å². The predicted octanol–water partition coefficient (Wildman–Crippen LogP) is 6.31. The predicted molar refractivity (Wildman–Crippen MR) is 88.7 cm³/mol. The van der Waals surface area contributed by atoms with E-state index in [-0.39, 0.29) is 0 Å². The Morgan fingerprint density at radius 3 is 2.26 bits per heavy atom. The fourth-order valence-corrected chi connectivity index (χ4v) is 3.08. The van der Waals surface area contributed by atoms with Crippen molar-refractivity contribution in [3.8, 4) is 11.1 Å². The second kappa shape index (κ2) is 7.32. The van der Waals surface area contributed by atoms with Gasteiger partial charge in [-0.2, -0.15) is 0 Å². The summed E-state index contributed by atoms with van der Waals surface area (Å²) in [5, 5.41) is 2.62. The quantitative estimate of drug-likeness (QED) is 0.461. The number of fused-ring (bicyclic) bond motifs is 2. The van der Waals surface area contributed by atoms with Crippen LogP contribution in [-0.2, 0) is 24.5 Å². The topological polar surface area (TPSA) is 0 Å². The molecule has 1 radical (unpaired) electrons.